The predicted octanol–water partition coefficient (Wildman–Crippen LogP) is 2.49. The summed E-state index contributed by atoms with van der Waals surface area (Å²) in [5, 5.41) is 22.4. The summed E-state index contributed by atoms with van der Waals surface area (Å²) in [6, 6.07) is 3.85. The number of nitro groups is 1. The van der Waals surface area contributed by atoms with Crippen LogP contribution in [0.25, 0.3) is 0 Å². The summed E-state index contributed by atoms with van der Waals surface area (Å²) in [6.45, 7) is 1.23. The minimum atomic E-state index is -4.69. The molecule has 21 heavy (non-hydrogen) atoms. The number of nitrogens with one attached hydrogen (secondary N) is 1. The quantitative estimate of drug-likeness (QED) is 0.667. The van der Waals surface area contributed by atoms with Gasteiger partial charge in [-0.15, -0.1) is 0 Å². The summed E-state index contributed by atoms with van der Waals surface area (Å²) >= 11 is 0. The van der Waals surface area contributed by atoms with Crippen LogP contribution in [-0.2, 0) is 6.18 Å². The summed E-state index contributed by atoms with van der Waals surface area (Å²) in [6.07, 6.45) is -4.69. The van der Waals surface area contributed by atoms with E-state index >= 15 is 0 Å². The predicted molar refractivity (Wildman–Crippen MR) is 66.7 cm³/mol. The van der Waals surface area contributed by atoms with Crippen LogP contribution in [0.15, 0.2) is 18.2 Å². The van der Waals surface area contributed by atoms with E-state index in [0.717, 1.165) is 6.07 Å². The zero-order valence-corrected chi connectivity index (χ0v) is 11.2. The Balaban J connectivity index is 3.09. The van der Waals surface area contributed by atoms with E-state index in [1.54, 1.807) is 0 Å². The molecule has 0 saturated carbocycles. The Morgan fingerprint density at radius 1 is 1.48 bits per heavy atom. The third-order valence-corrected chi connectivity index (χ3v) is 2.80. The van der Waals surface area contributed by atoms with Gasteiger partial charge in [-0.2, -0.15) is 18.4 Å². The molecule has 0 aliphatic rings. The second kappa shape index (κ2) is 5.97. The molecule has 0 amide bonds. The zero-order chi connectivity index (χ0) is 16.3. The Morgan fingerprint density at radius 2 is 2.10 bits per heavy atom. The number of ether oxygens (including phenoxy) is 1. The van der Waals surface area contributed by atoms with Crippen molar-refractivity contribution in [2.24, 2.45) is 0 Å². The molecule has 0 spiro atoms. The summed E-state index contributed by atoms with van der Waals surface area (Å²) in [5.74, 6) is -0.329. The highest BCUT2D eigenvalue weighted by Gasteiger charge is 2.33. The molecule has 1 aromatic carbocycles. The van der Waals surface area contributed by atoms with Gasteiger partial charge in [0, 0.05) is 6.07 Å². The summed E-state index contributed by atoms with van der Waals surface area (Å²) in [7, 11) is 1.49. The third kappa shape index (κ3) is 4.06. The van der Waals surface area contributed by atoms with Gasteiger partial charge in [-0.25, -0.2) is 0 Å². The molecule has 1 atom stereocenters. The monoisotopic (exact) mass is 303 g/mol. The maximum absolute atomic E-state index is 12.5. The van der Waals surface area contributed by atoms with Crippen molar-refractivity contribution in [2.45, 2.75) is 18.6 Å². The lowest BCUT2D eigenvalue weighted by Gasteiger charge is -2.21. The van der Waals surface area contributed by atoms with E-state index < -0.39 is 27.9 Å². The van der Waals surface area contributed by atoms with E-state index in [1.807, 2.05) is 6.07 Å². The second-order valence-corrected chi connectivity index (χ2v) is 4.42. The van der Waals surface area contributed by atoms with Gasteiger partial charge in [0.2, 0.25) is 0 Å². The largest absolute Gasteiger partial charge is 0.484 e. The van der Waals surface area contributed by atoms with Gasteiger partial charge in [-0.05, 0) is 26.1 Å². The molecule has 0 aliphatic heterocycles. The molecule has 1 unspecified atom stereocenters. The van der Waals surface area contributed by atoms with Crippen LogP contribution < -0.4 is 10.1 Å². The van der Waals surface area contributed by atoms with Crippen molar-refractivity contribution < 1.29 is 22.8 Å². The lowest BCUT2D eigenvalue weighted by Crippen LogP contribution is -2.43. The van der Waals surface area contributed by atoms with E-state index in [-0.39, 0.29) is 12.4 Å². The number of nitrogens with zero attached hydrogens (tertiary/aromatic N) is 2. The minimum Gasteiger partial charge on any atom is -0.484 e. The molecular weight excluding hydrogens is 291 g/mol. The fraction of sp³-hybridized carbons (Fsp3) is 0.417. The standard InChI is InChI=1S/C12H12F3N3O3/c1-11(6-16,17-2)7-21-10-4-3-8(12(13,14)15)5-9(10)18(19)20/h3-5,17H,7H2,1-2H3. The van der Waals surface area contributed by atoms with Crippen molar-refractivity contribution in [3.05, 3.63) is 33.9 Å². The molecule has 0 heterocycles. The highest BCUT2D eigenvalue weighted by Crippen LogP contribution is 2.36. The molecule has 0 saturated heterocycles. The van der Waals surface area contributed by atoms with Crippen molar-refractivity contribution in [1.82, 2.24) is 5.32 Å². The van der Waals surface area contributed by atoms with Gasteiger partial charge in [-0.3, -0.25) is 15.4 Å². The number of nitriles is 1. The Labute approximate surface area is 118 Å². The molecular formula is C12H12F3N3O3. The third-order valence-electron chi connectivity index (χ3n) is 2.80. The highest BCUT2D eigenvalue weighted by atomic mass is 19.4. The number of likely N-dealkylation sites (N-methyl/N-ethyl adjacent to an activating group) is 1. The van der Waals surface area contributed by atoms with Crippen molar-refractivity contribution >= 4 is 5.69 Å². The average Bonchev–Trinajstić information content (AvgIpc) is 2.43. The average molecular weight is 303 g/mol. The first kappa shape index (κ1) is 16.7. The molecule has 0 bridgehead atoms. The first-order valence-corrected chi connectivity index (χ1v) is 5.71. The molecule has 6 nitrogen and oxygen atoms in total. The van der Waals surface area contributed by atoms with Gasteiger partial charge in [0.05, 0.1) is 16.6 Å². The molecule has 1 aromatic rings. The van der Waals surface area contributed by atoms with Crippen LogP contribution in [0.4, 0.5) is 18.9 Å². The molecule has 0 radical (unpaired) electrons. The van der Waals surface area contributed by atoms with E-state index in [9.17, 15) is 23.3 Å². The first-order chi connectivity index (χ1) is 9.63. The van der Waals surface area contributed by atoms with Gasteiger partial charge < -0.3 is 4.74 Å². The molecule has 0 fully saturated rings. The van der Waals surface area contributed by atoms with Crippen LogP contribution in [-0.4, -0.2) is 24.1 Å². The van der Waals surface area contributed by atoms with Crippen molar-refractivity contribution in [3.63, 3.8) is 0 Å². The Bertz CT molecular complexity index is 583. The van der Waals surface area contributed by atoms with Crippen LogP contribution in [0.1, 0.15) is 12.5 Å². The number of hydrogen-bond donors (Lipinski definition) is 1. The fourth-order valence-corrected chi connectivity index (χ4v) is 1.34. The molecule has 0 aromatic heterocycles. The number of hydrogen-bond acceptors (Lipinski definition) is 5. The van der Waals surface area contributed by atoms with Crippen LogP contribution in [0.2, 0.25) is 0 Å². The molecule has 1 rings (SSSR count). The number of halogens is 3. The maximum Gasteiger partial charge on any atom is 0.416 e. The number of nitro benzene ring substituents is 1. The maximum atomic E-state index is 12.5. The number of rotatable bonds is 5. The number of alkyl halides is 3. The van der Waals surface area contributed by atoms with Gasteiger partial charge in [-0.1, -0.05) is 0 Å². The van der Waals surface area contributed by atoms with Gasteiger partial charge in [0.1, 0.15) is 12.1 Å². The fourth-order valence-electron chi connectivity index (χ4n) is 1.34. The topological polar surface area (TPSA) is 88.2 Å². The summed E-state index contributed by atoms with van der Waals surface area (Å²) in [4.78, 5) is 9.88. The van der Waals surface area contributed by atoms with Gasteiger partial charge in [0.15, 0.2) is 5.75 Å². The van der Waals surface area contributed by atoms with Gasteiger partial charge >= 0.3 is 11.9 Å². The lowest BCUT2D eigenvalue weighted by molar-refractivity contribution is -0.386. The smallest absolute Gasteiger partial charge is 0.416 e. The SMILES string of the molecule is CNC(C)(C#N)COc1ccc(C(F)(F)F)cc1[N+](=O)[O-]. The minimum absolute atomic E-state index is 0.258. The van der Waals surface area contributed by atoms with Crippen LogP contribution in [0.3, 0.4) is 0 Å². The number of benzene rings is 1. The van der Waals surface area contributed by atoms with Crippen LogP contribution in [0.5, 0.6) is 5.75 Å². The lowest BCUT2D eigenvalue weighted by atomic mass is 10.1. The van der Waals surface area contributed by atoms with Gasteiger partial charge in [0.25, 0.3) is 0 Å². The normalized spacial score (nSPS) is 14.1. The Hall–Kier alpha value is -2.34. The highest BCUT2D eigenvalue weighted by molar-refractivity contribution is 5.49. The van der Waals surface area contributed by atoms with Crippen molar-refractivity contribution in [3.8, 4) is 11.8 Å². The molecule has 9 heteroatoms. The molecule has 0 aliphatic carbocycles. The van der Waals surface area contributed by atoms with E-state index in [2.05, 4.69) is 5.32 Å². The van der Waals surface area contributed by atoms with E-state index in [1.165, 1.54) is 14.0 Å². The van der Waals surface area contributed by atoms with Crippen molar-refractivity contribution in [2.75, 3.05) is 13.7 Å². The Kier molecular flexibility index (Phi) is 4.75. The van der Waals surface area contributed by atoms with E-state index in [0.29, 0.717) is 12.1 Å². The zero-order valence-electron chi connectivity index (χ0n) is 11.2. The Morgan fingerprint density at radius 3 is 2.52 bits per heavy atom. The first-order valence-electron chi connectivity index (χ1n) is 5.71. The second-order valence-electron chi connectivity index (χ2n) is 4.42. The van der Waals surface area contributed by atoms with Crippen molar-refractivity contribution in [1.29, 1.82) is 5.26 Å². The van der Waals surface area contributed by atoms with Crippen LogP contribution in [0, 0.1) is 21.4 Å². The molecule has 1 N–H and O–H groups in total. The van der Waals surface area contributed by atoms with E-state index in [4.69, 9.17) is 10.00 Å². The summed E-state index contributed by atoms with van der Waals surface area (Å²) < 4.78 is 42.7. The van der Waals surface area contributed by atoms with Crippen LogP contribution >= 0.6 is 0 Å². The summed E-state index contributed by atoms with van der Waals surface area (Å²) in [5.41, 5.74) is -3.06. The molecule has 114 valence electrons.